The predicted octanol–water partition coefficient (Wildman–Crippen LogP) is 2.99. The summed E-state index contributed by atoms with van der Waals surface area (Å²) in [6, 6.07) is 1.92. The van der Waals surface area contributed by atoms with Crippen LogP contribution in [0, 0.1) is 5.92 Å². The molecule has 2 nitrogen and oxygen atoms in total. The minimum atomic E-state index is 0.138. The smallest absolute Gasteiger partial charge is 0.264 e. The van der Waals surface area contributed by atoms with Gasteiger partial charge in [0.2, 0.25) is 0 Å². The highest BCUT2D eigenvalue weighted by atomic mass is 79.9. The highest BCUT2D eigenvalue weighted by Crippen LogP contribution is 2.30. The number of hydrogen-bond donors (Lipinski definition) is 0. The number of carbonyl (C=O) groups is 1. The Morgan fingerprint density at radius 2 is 2.43 bits per heavy atom. The topological polar surface area (TPSA) is 20.3 Å². The number of rotatable bonds is 3. The molecule has 76 valence electrons. The van der Waals surface area contributed by atoms with E-state index in [-0.39, 0.29) is 5.91 Å². The third-order valence-electron chi connectivity index (χ3n) is 2.39. The fourth-order valence-corrected chi connectivity index (χ4v) is 2.92. The quantitative estimate of drug-likeness (QED) is 0.829. The molecule has 0 aliphatic heterocycles. The van der Waals surface area contributed by atoms with Gasteiger partial charge in [0, 0.05) is 18.1 Å². The van der Waals surface area contributed by atoms with E-state index >= 15 is 0 Å². The van der Waals surface area contributed by atoms with Gasteiger partial charge in [0.05, 0.1) is 0 Å². The molecular weight excluding hydrogens is 262 g/mol. The van der Waals surface area contributed by atoms with Gasteiger partial charge >= 0.3 is 0 Å². The van der Waals surface area contributed by atoms with E-state index in [0.29, 0.717) is 0 Å². The van der Waals surface area contributed by atoms with E-state index in [1.54, 1.807) is 0 Å². The van der Waals surface area contributed by atoms with Gasteiger partial charge in [-0.15, -0.1) is 11.3 Å². The van der Waals surface area contributed by atoms with Crippen LogP contribution < -0.4 is 0 Å². The van der Waals surface area contributed by atoms with Crippen molar-refractivity contribution in [1.29, 1.82) is 0 Å². The summed E-state index contributed by atoms with van der Waals surface area (Å²) in [5.41, 5.74) is 0. The van der Waals surface area contributed by atoms with Crippen molar-refractivity contribution in [2.75, 3.05) is 13.6 Å². The highest BCUT2D eigenvalue weighted by Gasteiger charge is 2.26. The van der Waals surface area contributed by atoms with Crippen molar-refractivity contribution >= 4 is 33.2 Å². The number of thiophene rings is 1. The Balaban J connectivity index is 2.03. The van der Waals surface area contributed by atoms with Crippen molar-refractivity contribution < 1.29 is 4.79 Å². The molecule has 0 saturated heterocycles. The highest BCUT2D eigenvalue weighted by molar-refractivity contribution is 9.10. The van der Waals surface area contributed by atoms with E-state index in [1.807, 2.05) is 23.4 Å². The molecule has 1 aliphatic carbocycles. The van der Waals surface area contributed by atoms with Gasteiger partial charge in [0.25, 0.3) is 5.91 Å². The third kappa shape index (κ3) is 2.17. The molecule has 1 aromatic rings. The average molecular weight is 274 g/mol. The van der Waals surface area contributed by atoms with E-state index in [9.17, 15) is 4.79 Å². The van der Waals surface area contributed by atoms with Crippen LogP contribution in [0.25, 0.3) is 0 Å². The molecule has 0 N–H and O–H groups in total. The minimum absolute atomic E-state index is 0.138. The number of hydrogen-bond acceptors (Lipinski definition) is 2. The summed E-state index contributed by atoms with van der Waals surface area (Å²) in [4.78, 5) is 14.5. The van der Waals surface area contributed by atoms with Crippen LogP contribution in [-0.4, -0.2) is 24.4 Å². The summed E-state index contributed by atoms with van der Waals surface area (Å²) < 4.78 is 0.912. The van der Waals surface area contributed by atoms with Crippen LogP contribution in [0.4, 0.5) is 0 Å². The number of halogens is 1. The van der Waals surface area contributed by atoms with Crippen molar-refractivity contribution in [3.05, 3.63) is 20.8 Å². The summed E-state index contributed by atoms with van der Waals surface area (Å²) in [5.74, 6) is 0.890. The van der Waals surface area contributed by atoms with Gasteiger partial charge in [-0.25, -0.2) is 0 Å². The molecule has 1 amide bonds. The molecule has 0 unspecified atom stereocenters. The van der Waals surface area contributed by atoms with Gasteiger partial charge in [0.1, 0.15) is 4.88 Å². The van der Waals surface area contributed by atoms with Crippen LogP contribution in [0.3, 0.4) is 0 Å². The standard InChI is InChI=1S/C10H12BrNOS/c1-12(6-7-2-3-7)10(13)9-8(11)4-5-14-9/h4-5,7H,2-3,6H2,1H3. The minimum Gasteiger partial charge on any atom is -0.341 e. The van der Waals surface area contributed by atoms with Gasteiger partial charge < -0.3 is 4.90 Å². The monoisotopic (exact) mass is 273 g/mol. The lowest BCUT2D eigenvalue weighted by molar-refractivity contribution is 0.0792. The first-order valence-electron chi connectivity index (χ1n) is 4.67. The van der Waals surface area contributed by atoms with Crippen molar-refractivity contribution in [3.8, 4) is 0 Å². The van der Waals surface area contributed by atoms with E-state index in [0.717, 1.165) is 21.8 Å². The maximum absolute atomic E-state index is 11.9. The van der Waals surface area contributed by atoms with Crippen LogP contribution >= 0.6 is 27.3 Å². The second-order valence-corrected chi connectivity index (χ2v) is 5.50. The van der Waals surface area contributed by atoms with Gasteiger partial charge in [-0.2, -0.15) is 0 Å². The second-order valence-electron chi connectivity index (χ2n) is 3.73. The Kier molecular flexibility index (Phi) is 2.93. The molecule has 0 atom stereocenters. The summed E-state index contributed by atoms with van der Waals surface area (Å²) in [7, 11) is 1.88. The Morgan fingerprint density at radius 1 is 1.71 bits per heavy atom. The first-order valence-corrected chi connectivity index (χ1v) is 6.34. The van der Waals surface area contributed by atoms with Crippen molar-refractivity contribution in [1.82, 2.24) is 4.90 Å². The molecule has 0 spiro atoms. The van der Waals surface area contributed by atoms with Gasteiger partial charge in [-0.1, -0.05) is 0 Å². The second kappa shape index (κ2) is 4.03. The number of carbonyl (C=O) groups excluding carboxylic acids is 1. The van der Waals surface area contributed by atoms with Crippen molar-refractivity contribution in [3.63, 3.8) is 0 Å². The fourth-order valence-electron chi connectivity index (χ4n) is 1.39. The molecule has 4 heteroatoms. The number of amides is 1. The molecule has 0 aromatic carbocycles. The Hall–Kier alpha value is -0.350. The van der Waals surface area contributed by atoms with Gasteiger partial charge in [-0.05, 0) is 46.1 Å². The largest absolute Gasteiger partial charge is 0.341 e. The van der Waals surface area contributed by atoms with Gasteiger partial charge in [0.15, 0.2) is 0 Å². The maximum atomic E-state index is 11.9. The molecule has 1 aliphatic rings. The molecule has 0 radical (unpaired) electrons. The molecule has 0 bridgehead atoms. The van der Waals surface area contributed by atoms with Gasteiger partial charge in [-0.3, -0.25) is 4.79 Å². The van der Waals surface area contributed by atoms with Crippen molar-refractivity contribution in [2.45, 2.75) is 12.8 Å². The predicted molar refractivity (Wildman–Crippen MR) is 61.7 cm³/mol. The summed E-state index contributed by atoms with van der Waals surface area (Å²) >= 11 is 4.88. The molecule has 1 heterocycles. The third-order valence-corrected chi connectivity index (χ3v) is 4.21. The van der Waals surface area contributed by atoms with Crippen molar-refractivity contribution in [2.24, 2.45) is 5.92 Å². The molecular formula is C10H12BrNOS. The average Bonchev–Trinajstić information content (AvgIpc) is 2.86. The zero-order valence-corrected chi connectivity index (χ0v) is 10.4. The zero-order chi connectivity index (χ0) is 10.1. The van der Waals surface area contributed by atoms with E-state index in [1.165, 1.54) is 24.2 Å². The Labute approximate surface area is 96.0 Å². The fraction of sp³-hybridized carbons (Fsp3) is 0.500. The lowest BCUT2D eigenvalue weighted by Gasteiger charge is -2.15. The van der Waals surface area contributed by atoms with E-state index in [4.69, 9.17) is 0 Å². The molecule has 1 fully saturated rings. The first-order chi connectivity index (χ1) is 6.68. The molecule has 14 heavy (non-hydrogen) atoms. The molecule has 1 saturated carbocycles. The van der Waals surface area contributed by atoms with Crippen LogP contribution in [0.2, 0.25) is 0 Å². The lowest BCUT2D eigenvalue weighted by Crippen LogP contribution is -2.28. The van der Waals surface area contributed by atoms with Crippen LogP contribution in [0.1, 0.15) is 22.5 Å². The first kappa shape index (κ1) is 10.2. The molecule has 2 rings (SSSR count). The van der Waals surface area contributed by atoms with Crippen LogP contribution in [-0.2, 0) is 0 Å². The van der Waals surface area contributed by atoms with Crippen LogP contribution in [0.5, 0.6) is 0 Å². The summed E-state index contributed by atoms with van der Waals surface area (Å²) in [6.45, 7) is 0.906. The summed E-state index contributed by atoms with van der Waals surface area (Å²) in [5, 5.41) is 1.93. The Bertz CT molecular complexity index is 346. The lowest BCUT2D eigenvalue weighted by atomic mass is 10.3. The molecule has 1 aromatic heterocycles. The van der Waals surface area contributed by atoms with E-state index < -0.39 is 0 Å². The maximum Gasteiger partial charge on any atom is 0.264 e. The SMILES string of the molecule is CN(CC1CC1)C(=O)c1sccc1Br. The zero-order valence-electron chi connectivity index (χ0n) is 8.00. The summed E-state index contributed by atoms with van der Waals surface area (Å²) in [6.07, 6.45) is 2.56. The van der Waals surface area contributed by atoms with Crippen LogP contribution in [0.15, 0.2) is 15.9 Å². The Morgan fingerprint density at radius 3 is 2.93 bits per heavy atom. The van der Waals surface area contributed by atoms with E-state index in [2.05, 4.69) is 15.9 Å². The number of nitrogens with zero attached hydrogens (tertiary/aromatic N) is 1. The normalized spacial score (nSPS) is 15.6.